The van der Waals surface area contributed by atoms with Gasteiger partial charge in [0.1, 0.15) is 5.75 Å². The number of hydrogen-bond donors (Lipinski definition) is 1. The Bertz CT molecular complexity index is 528. The van der Waals surface area contributed by atoms with E-state index in [1.54, 1.807) is 0 Å². The number of ether oxygens (including phenoxy) is 1. The molecule has 0 aromatic heterocycles. The van der Waals surface area contributed by atoms with Crippen LogP contribution in [0.15, 0.2) is 18.2 Å². The van der Waals surface area contributed by atoms with E-state index in [1.807, 2.05) is 24.8 Å². The van der Waals surface area contributed by atoms with Gasteiger partial charge in [-0.05, 0) is 43.9 Å². The van der Waals surface area contributed by atoms with Crippen molar-refractivity contribution < 1.29 is 9.53 Å². The van der Waals surface area contributed by atoms with Crippen molar-refractivity contribution in [3.8, 4) is 5.75 Å². The highest BCUT2D eigenvalue weighted by Crippen LogP contribution is 2.28. The predicted molar refractivity (Wildman–Crippen MR) is 89.4 cm³/mol. The average Bonchev–Trinajstić information content (AvgIpc) is 2.46. The first-order valence-electron chi connectivity index (χ1n) is 8.18. The largest absolute Gasteiger partial charge is 0.481 e. The fourth-order valence-corrected chi connectivity index (χ4v) is 2.86. The molecule has 0 bridgehead atoms. The second-order valence-electron chi connectivity index (χ2n) is 6.54. The van der Waals surface area contributed by atoms with Gasteiger partial charge >= 0.3 is 0 Å². The first-order chi connectivity index (χ1) is 10.4. The minimum atomic E-state index is -0.458. The van der Waals surface area contributed by atoms with E-state index in [4.69, 9.17) is 4.74 Å². The molecule has 1 aliphatic rings. The molecule has 1 N–H and O–H groups in total. The van der Waals surface area contributed by atoms with Crippen LogP contribution in [-0.4, -0.2) is 42.6 Å². The molecule has 1 aliphatic heterocycles. The van der Waals surface area contributed by atoms with Crippen molar-refractivity contribution >= 4 is 5.91 Å². The molecule has 0 aliphatic carbocycles. The van der Waals surface area contributed by atoms with Gasteiger partial charge in [-0.1, -0.05) is 26.0 Å². The highest BCUT2D eigenvalue weighted by Gasteiger charge is 2.28. The molecule has 1 aromatic carbocycles. The summed E-state index contributed by atoms with van der Waals surface area (Å²) in [5.74, 6) is 1.28. The molecule has 0 saturated carbocycles. The van der Waals surface area contributed by atoms with Crippen LogP contribution < -0.4 is 10.1 Å². The summed E-state index contributed by atoms with van der Waals surface area (Å²) in [4.78, 5) is 14.6. The molecule has 1 fully saturated rings. The zero-order chi connectivity index (χ0) is 16.3. The Labute approximate surface area is 133 Å². The first-order valence-corrected chi connectivity index (χ1v) is 8.18. The lowest BCUT2D eigenvalue weighted by Gasteiger charge is -2.35. The van der Waals surface area contributed by atoms with Crippen LogP contribution in [0.2, 0.25) is 0 Å². The van der Waals surface area contributed by atoms with E-state index in [2.05, 4.69) is 38.2 Å². The van der Waals surface area contributed by atoms with Crippen molar-refractivity contribution in [3.05, 3.63) is 29.3 Å². The smallest absolute Gasteiger partial charge is 0.263 e. The van der Waals surface area contributed by atoms with Crippen LogP contribution in [0.25, 0.3) is 0 Å². The average molecular weight is 304 g/mol. The van der Waals surface area contributed by atoms with Crippen molar-refractivity contribution in [1.82, 2.24) is 10.2 Å². The van der Waals surface area contributed by atoms with Gasteiger partial charge in [-0.15, -0.1) is 0 Å². The van der Waals surface area contributed by atoms with Crippen LogP contribution in [0.3, 0.4) is 0 Å². The van der Waals surface area contributed by atoms with Gasteiger partial charge in [0.2, 0.25) is 0 Å². The number of amides is 1. The number of nitrogens with one attached hydrogen (secondary N) is 1. The van der Waals surface area contributed by atoms with Crippen molar-refractivity contribution in [2.24, 2.45) is 0 Å². The van der Waals surface area contributed by atoms with E-state index in [9.17, 15) is 4.79 Å². The van der Waals surface area contributed by atoms with Crippen LogP contribution in [0.4, 0.5) is 0 Å². The number of piperazine rings is 1. The maximum Gasteiger partial charge on any atom is 0.263 e. The molecule has 0 radical (unpaired) electrons. The highest BCUT2D eigenvalue weighted by atomic mass is 16.5. The molecular weight excluding hydrogens is 276 g/mol. The standard InChI is InChI=1S/C18H28N2O2/c1-12(2)16-7-6-13(3)10-17(16)22-15(5)18(21)20-9-8-19-11-14(20)4/h6-7,10,12,14-15,19H,8-9,11H2,1-5H3/t14-,15?/m0/s1. The molecule has 4 nitrogen and oxygen atoms in total. The molecule has 1 amide bonds. The Balaban J connectivity index is 2.12. The Kier molecular flexibility index (Phi) is 5.46. The molecule has 0 spiro atoms. The van der Waals surface area contributed by atoms with Gasteiger partial charge in [-0.2, -0.15) is 0 Å². The highest BCUT2D eigenvalue weighted by molar-refractivity contribution is 5.81. The van der Waals surface area contributed by atoms with Crippen LogP contribution in [0.5, 0.6) is 5.75 Å². The topological polar surface area (TPSA) is 41.6 Å². The molecule has 1 saturated heterocycles. The summed E-state index contributed by atoms with van der Waals surface area (Å²) >= 11 is 0. The predicted octanol–water partition coefficient (Wildman–Crippen LogP) is 2.71. The van der Waals surface area contributed by atoms with E-state index in [0.717, 1.165) is 36.5 Å². The summed E-state index contributed by atoms with van der Waals surface area (Å²) in [5, 5.41) is 3.30. The fraction of sp³-hybridized carbons (Fsp3) is 0.611. The number of aryl methyl sites for hydroxylation is 1. The Morgan fingerprint density at radius 2 is 2.09 bits per heavy atom. The molecule has 2 atom stereocenters. The molecular formula is C18H28N2O2. The van der Waals surface area contributed by atoms with Gasteiger partial charge in [0.05, 0.1) is 0 Å². The molecule has 1 heterocycles. The zero-order valence-electron chi connectivity index (χ0n) is 14.3. The number of rotatable bonds is 4. The summed E-state index contributed by atoms with van der Waals surface area (Å²) in [6.45, 7) is 12.7. The third kappa shape index (κ3) is 3.80. The van der Waals surface area contributed by atoms with Crippen molar-refractivity contribution in [1.29, 1.82) is 0 Å². The van der Waals surface area contributed by atoms with Gasteiger partial charge in [0.15, 0.2) is 6.10 Å². The van der Waals surface area contributed by atoms with Gasteiger partial charge in [0.25, 0.3) is 5.91 Å². The van der Waals surface area contributed by atoms with Gasteiger partial charge in [-0.3, -0.25) is 4.79 Å². The van der Waals surface area contributed by atoms with E-state index in [1.165, 1.54) is 0 Å². The fourth-order valence-electron chi connectivity index (χ4n) is 2.86. The lowest BCUT2D eigenvalue weighted by molar-refractivity contribution is -0.140. The first kappa shape index (κ1) is 16.8. The molecule has 1 unspecified atom stereocenters. The zero-order valence-corrected chi connectivity index (χ0v) is 14.3. The van der Waals surface area contributed by atoms with Crippen molar-refractivity contribution in [2.75, 3.05) is 19.6 Å². The lowest BCUT2D eigenvalue weighted by Crippen LogP contribution is -2.55. The van der Waals surface area contributed by atoms with E-state index >= 15 is 0 Å². The van der Waals surface area contributed by atoms with Crippen LogP contribution >= 0.6 is 0 Å². The van der Waals surface area contributed by atoms with E-state index in [0.29, 0.717) is 5.92 Å². The van der Waals surface area contributed by atoms with Gasteiger partial charge in [-0.25, -0.2) is 0 Å². The molecule has 122 valence electrons. The lowest BCUT2D eigenvalue weighted by atomic mass is 10.0. The number of benzene rings is 1. The minimum Gasteiger partial charge on any atom is -0.481 e. The van der Waals surface area contributed by atoms with Crippen molar-refractivity contribution in [3.63, 3.8) is 0 Å². The van der Waals surface area contributed by atoms with Gasteiger partial charge in [0, 0.05) is 25.7 Å². The molecule has 1 aromatic rings. The number of carbonyl (C=O) groups is 1. The molecule has 4 heteroatoms. The summed E-state index contributed by atoms with van der Waals surface area (Å²) in [6.07, 6.45) is -0.458. The third-order valence-electron chi connectivity index (χ3n) is 4.23. The molecule has 22 heavy (non-hydrogen) atoms. The van der Waals surface area contributed by atoms with Crippen LogP contribution in [-0.2, 0) is 4.79 Å². The Hall–Kier alpha value is -1.55. The summed E-state index contributed by atoms with van der Waals surface area (Å²) in [6, 6.07) is 6.43. The number of hydrogen-bond acceptors (Lipinski definition) is 3. The van der Waals surface area contributed by atoms with E-state index in [-0.39, 0.29) is 11.9 Å². The summed E-state index contributed by atoms with van der Waals surface area (Å²) in [7, 11) is 0. The number of nitrogens with zero attached hydrogens (tertiary/aromatic N) is 1. The third-order valence-corrected chi connectivity index (χ3v) is 4.23. The van der Waals surface area contributed by atoms with Crippen molar-refractivity contribution in [2.45, 2.75) is 52.7 Å². The quantitative estimate of drug-likeness (QED) is 0.930. The molecule has 2 rings (SSSR count). The van der Waals surface area contributed by atoms with Crippen LogP contribution in [0.1, 0.15) is 44.7 Å². The minimum absolute atomic E-state index is 0.0743. The Morgan fingerprint density at radius 1 is 1.36 bits per heavy atom. The normalized spacial score (nSPS) is 20.1. The maximum absolute atomic E-state index is 12.7. The second kappa shape index (κ2) is 7.14. The Morgan fingerprint density at radius 3 is 2.73 bits per heavy atom. The SMILES string of the molecule is Cc1ccc(C(C)C)c(OC(C)C(=O)N2CCNC[C@@H]2C)c1. The van der Waals surface area contributed by atoms with E-state index < -0.39 is 6.10 Å². The summed E-state index contributed by atoms with van der Waals surface area (Å²) in [5.41, 5.74) is 2.30. The summed E-state index contributed by atoms with van der Waals surface area (Å²) < 4.78 is 6.04. The van der Waals surface area contributed by atoms with Crippen LogP contribution in [0, 0.1) is 6.92 Å². The second-order valence-corrected chi connectivity index (χ2v) is 6.54. The van der Waals surface area contributed by atoms with Gasteiger partial charge < -0.3 is 15.0 Å². The monoisotopic (exact) mass is 304 g/mol. The maximum atomic E-state index is 12.7. The number of carbonyl (C=O) groups excluding carboxylic acids is 1.